The molecule has 0 amide bonds. The lowest BCUT2D eigenvalue weighted by Crippen LogP contribution is -2.39. The van der Waals surface area contributed by atoms with Gasteiger partial charge in [0.25, 0.3) is 0 Å². The van der Waals surface area contributed by atoms with Crippen LogP contribution in [0.1, 0.15) is 32.3 Å². The molecule has 1 fully saturated rings. The average Bonchev–Trinajstić information content (AvgIpc) is 3.12. The van der Waals surface area contributed by atoms with E-state index in [9.17, 15) is 0 Å². The summed E-state index contributed by atoms with van der Waals surface area (Å²) < 4.78 is 11.5. The molecule has 0 aliphatic carbocycles. The summed E-state index contributed by atoms with van der Waals surface area (Å²) in [5.41, 5.74) is 3.72. The molecule has 148 valence electrons. The van der Waals surface area contributed by atoms with Crippen molar-refractivity contribution in [2.45, 2.75) is 45.8 Å². The third kappa shape index (κ3) is 3.67. The molecule has 4 rings (SSSR count). The van der Waals surface area contributed by atoms with Crippen LogP contribution in [0.3, 0.4) is 0 Å². The highest BCUT2D eigenvalue weighted by Crippen LogP contribution is 2.32. The number of rotatable bonds is 5. The standard InChI is InChI=1S/C21H27N5O2/c1-13(2)28-16-8-14(3)20-17(9-16)21(25-24-20)18-10-19(23-12-22-18)26-7-5-6-15(11-26)27-4/h8-10,12-13,15H,5-7,11H2,1-4H3,(H,24,25). The van der Waals surface area contributed by atoms with E-state index in [0.717, 1.165) is 65.4 Å². The Labute approximate surface area is 165 Å². The van der Waals surface area contributed by atoms with Crippen molar-refractivity contribution in [2.24, 2.45) is 0 Å². The Bertz CT molecular complexity index is 969. The number of benzene rings is 1. The van der Waals surface area contributed by atoms with Gasteiger partial charge < -0.3 is 14.4 Å². The molecule has 1 aliphatic rings. The van der Waals surface area contributed by atoms with Gasteiger partial charge >= 0.3 is 0 Å². The van der Waals surface area contributed by atoms with Gasteiger partial charge in [-0.15, -0.1) is 0 Å². The van der Waals surface area contributed by atoms with E-state index in [1.807, 2.05) is 39.0 Å². The fraction of sp³-hybridized carbons (Fsp3) is 0.476. The van der Waals surface area contributed by atoms with Crippen molar-refractivity contribution in [1.29, 1.82) is 0 Å². The van der Waals surface area contributed by atoms with Crippen LogP contribution in [0.2, 0.25) is 0 Å². The van der Waals surface area contributed by atoms with E-state index in [4.69, 9.17) is 9.47 Å². The van der Waals surface area contributed by atoms with Crippen LogP contribution >= 0.6 is 0 Å². The van der Waals surface area contributed by atoms with E-state index in [0.29, 0.717) is 0 Å². The van der Waals surface area contributed by atoms with Crippen molar-refractivity contribution >= 4 is 16.7 Å². The summed E-state index contributed by atoms with van der Waals surface area (Å²) in [6.45, 7) is 7.93. The van der Waals surface area contributed by atoms with E-state index in [2.05, 4.69) is 25.1 Å². The molecule has 7 nitrogen and oxygen atoms in total. The largest absolute Gasteiger partial charge is 0.491 e. The molecule has 1 unspecified atom stereocenters. The number of methoxy groups -OCH3 is 1. The number of fused-ring (bicyclic) bond motifs is 1. The fourth-order valence-electron chi connectivity index (χ4n) is 3.79. The average molecular weight is 381 g/mol. The second-order valence-electron chi connectivity index (χ2n) is 7.61. The van der Waals surface area contributed by atoms with Crippen LogP contribution in [0.4, 0.5) is 5.82 Å². The minimum absolute atomic E-state index is 0.116. The maximum absolute atomic E-state index is 5.91. The molecule has 1 aliphatic heterocycles. The minimum Gasteiger partial charge on any atom is -0.491 e. The van der Waals surface area contributed by atoms with Crippen molar-refractivity contribution in [2.75, 3.05) is 25.1 Å². The molecule has 7 heteroatoms. The number of nitrogens with zero attached hydrogens (tertiary/aromatic N) is 4. The van der Waals surface area contributed by atoms with E-state index in [-0.39, 0.29) is 12.2 Å². The smallest absolute Gasteiger partial charge is 0.132 e. The van der Waals surface area contributed by atoms with Gasteiger partial charge in [-0.25, -0.2) is 9.97 Å². The summed E-state index contributed by atoms with van der Waals surface area (Å²) in [4.78, 5) is 11.3. The molecule has 2 aromatic heterocycles. The number of hydrogen-bond acceptors (Lipinski definition) is 6. The highest BCUT2D eigenvalue weighted by atomic mass is 16.5. The van der Waals surface area contributed by atoms with Gasteiger partial charge in [0.15, 0.2) is 0 Å². The van der Waals surface area contributed by atoms with E-state index < -0.39 is 0 Å². The van der Waals surface area contributed by atoms with Crippen molar-refractivity contribution in [3.05, 3.63) is 30.1 Å². The normalized spacial score (nSPS) is 17.5. The Morgan fingerprint density at radius 1 is 1.21 bits per heavy atom. The Balaban J connectivity index is 1.71. The molecule has 3 aromatic rings. The Kier molecular flexibility index (Phi) is 5.17. The highest BCUT2D eigenvalue weighted by Gasteiger charge is 2.21. The predicted octanol–water partition coefficient (Wildman–Crippen LogP) is 3.73. The van der Waals surface area contributed by atoms with Crippen molar-refractivity contribution in [1.82, 2.24) is 20.2 Å². The van der Waals surface area contributed by atoms with Crippen LogP contribution in [0.25, 0.3) is 22.3 Å². The van der Waals surface area contributed by atoms with Crippen molar-refractivity contribution < 1.29 is 9.47 Å². The maximum Gasteiger partial charge on any atom is 0.132 e. The number of hydrogen-bond donors (Lipinski definition) is 1. The van der Waals surface area contributed by atoms with Crippen LogP contribution in [0, 0.1) is 6.92 Å². The lowest BCUT2D eigenvalue weighted by Gasteiger charge is -2.32. The van der Waals surface area contributed by atoms with Gasteiger partial charge in [0.1, 0.15) is 17.9 Å². The van der Waals surface area contributed by atoms with Crippen LogP contribution in [0.15, 0.2) is 24.5 Å². The highest BCUT2D eigenvalue weighted by molar-refractivity contribution is 5.95. The number of H-pyrrole nitrogens is 1. The van der Waals surface area contributed by atoms with Gasteiger partial charge in [-0.2, -0.15) is 5.10 Å². The lowest BCUT2D eigenvalue weighted by atomic mass is 10.1. The van der Waals surface area contributed by atoms with E-state index >= 15 is 0 Å². The molecule has 1 atom stereocenters. The van der Waals surface area contributed by atoms with E-state index in [1.54, 1.807) is 13.4 Å². The second-order valence-corrected chi connectivity index (χ2v) is 7.61. The van der Waals surface area contributed by atoms with Gasteiger partial charge in [-0.05, 0) is 51.3 Å². The van der Waals surface area contributed by atoms with Crippen LogP contribution in [-0.2, 0) is 4.74 Å². The summed E-state index contributed by atoms with van der Waals surface area (Å²) in [5.74, 6) is 1.76. The topological polar surface area (TPSA) is 76.2 Å². The Morgan fingerprint density at radius 3 is 2.86 bits per heavy atom. The number of aromatic nitrogens is 4. The number of ether oxygens (including phenoxy) is 2. The molecule has 28 heavy (non-hydrogen) atoms. The first-order valence-corrected chi connectivity index (χ1v) is 9.80. The molecule has 0 bridgehead atoms. The molecule has 1 aromatic carbocycles. The molecular weight excluding hydrogens is 354 g/mol. The third-order valence-corrected chi connectivity index (χ3v) is 5.14. The first-order chi connectivity index (χ1) is 13.5. The lowest BCUT2D eigenvalue weighted by molar-refractivity contribution is 0.0891. The van der Waals surface area contributed by atoms with Crippen molar-refractivity contribution in [3.63, 3.8) is 0 Å². The number of aryl methyl sites for hydroxylation is 1. The zero-order valence-corrected chi connectivity index (χ0v) is 16.9. The molecule has 1 N–H and O–H groups in total. The Morgan fingerprint density at radius 2 is 2.07 bits per heavy atom. The summed E-state index contributed by atoms with van der Waals surface area (Å²) >= 11 is 0. The molecule has 0 saturated carbocycles. The van der Waals surface area contributed by atoms with E-state index in [1.165, 1.54) is 0 Å². The number of anilines is 1. The van der Waals surface area contributed by atoms with Gasteiger partial charge in [-0.1, -0.05) is 0 Å². The summed E-state index contributed by atoms with van der Waals surface area (Å²) in [5, 5.41) is 8.68. The molecule has 1 saturated heterocycles. The Hall–Kier alpha value is -2.67. The zero-order valence-electron chi connectivity index (χ0n) is 16.9. The van der Waals surface area contributed by atoms with Crippen molar-refractivity contribution in [3.8, 4) is 17.1 Å². The summed E-state index contributed by atoms with van der Waals surface area (Å²) in [6, 6.07) is 6.08. The number of aromatic amines is 1. The van der Waals surface area contributed by atoms with Crippen LogP contribution in [-0.4, -0.2) is 52.6 Å². The quantitative estimate of drug-likeness (QED) is 0.726. The van der Waals surface area contributed by atoms with Gasteiger partial charge in [-0.3, -0.25) is 5.10 Å². The molecule has 0 spiro atoms. The number of piperidine rings is 1. The maximum atomic E-state index is 5.91. The molecule has 3 heterocycles. The van der Waals surface area contributed by atoms with Gasteiger partial charge in [0.05, 0.1) is 29.1 Å². The van der Waals surface area contributed by atoms with Gasteiger partial charge in [0.2, 0.25) is 0 Å². The first kappa shape index (κ1) is 18.7. The monoisotopic (exact) mass is 381 g/mol. The fourth-order valence-corrected chi connectivity index (χ4v) is 3.79. The summed E-state index contributed by atoms with van der Waals surface area (Å²) in [6.07, 6.45) is 4.17. The zero-order chi connectivity index (χ0) is 19.7. The van der Waals surface area contributed by atoms with Crippen LogP contribution < -0.4 is 9.64 Å². The number of nitrogens with one attached hydrogen (secondary N) is 1. The first-order valence-electron chi connectivity index (χ1n) is 9.80. The predicted molar refractivity (Wildman–Crippen MR) is 110 cm³/mol. The van der Waals surface area contributed by atoms with Crippen LogP contribution in [0.5, 0.6) is 5.75 Å². The minimum atomic E-state index is 0.116. The molecule has 0 radical (unpaired) electrons. The summed E-state index contributed by atoms with van der Waals surface area (Å²) in [7, 11) is 1.77. The molecular formula is C21H27N5O2. The van der Waals surface area contributed by atoms with Gasteiger partial charge in [0, 0.05) is 31.7 Å². The third-order valence-electron chi connectivity index (χ3n) is 5.14. The second kappa shape index (κ2) is 7.75. The SMILES string of the molecule is COC1CCCN(c2cc(-c3[nH]nc4c(C)cc(OC(C)C)cc34)ncn2)C1.